The van der Waals surface area contributed by atoms with E-state index in [0.29, 0.717) is 22.7 Å². The van der Waals surface area contributed by atoms with Crippen molar-refractivity contribution < 1.29 is 38.5 Å². The van der Waals surface area contributed by atoms with Crippen molar-refractivity contribution in [2.24, 2.45) is 11.8 Å². The van der Waals surface area contributed by atoms with Crippen molar-refractivity contribution in [1.82, 2.24) is 10.2 Å². The number of esters is 1. The second-order valence-electron chi connectivity index (χ2n) is 12.2. The highest BCUT2D eigenvalue weighted by Gasteiger charge is 2.72. The van der Waals surface area contributed by atoms with E-state index >= 15 is 0 Å². The Morgan fingerprint density at radius 1 is 1.06 bits per heavy atom. The smallest absolute Gasteiger partial charge is 0.313 e. The summed E-state index contributed by atoms with van der Waals surface area (Å²) in [5.74, 6) is -4.17. The number of cyclic esters (lactones) is 1. The summed E-state index contributed by atoms with van der Waals surface area (Å²) in [4.78, 5) is 59.2. The zero-order valence-electron chi connectivity index (χ0n) is 26.2. The summed E-state index contributed by atoms with van der Waals surface area (Å²) in [6.45, 7) is 1.51. The first-order chi connectivity index (χ1) is 22.7. The van der Waals surface area contributed by atoms with Crippen LogP contribution in [0, 0.1) is 18.8 Å². The number of methoxy groups -OCH3 is 1. The maximum Gasteiger partial charge on any atom is 0.313 e. The minimum atomic E-state index is -1.55. The van der Waals surface area contributed by atoms with Gasteiger partial charge in [0.25, 0.3) is 5.91 Å². The molecule has 0 bridgehead atoms. The molecule has 2 N–H and O–H groups in total. The average molecular weight is 664 g/mol. The summed E-state index contributed by atoms with van der Waals surface area (Å²) in [6.07, 6.45) is 5.52. The number of nitrogens with one attached hydrogen (secondary N) is 1. The molecule has 2 aromatic rings. The van der Waals surface area contributed by atoms with Crippen LogP contribution in [-0.2, 0) is 33.4 Å². The lowest BCUT2D eigenvalue weighted by atomic mass is 9.77. The summed E-state index contributed by atoms with van der Waals surface area (Å²) >= 11 is 6.60. The SMILES string of the molecule is COC[C@H]1NC(=O)CC/C=C\[C@H]2O[C@]34C=CCN(c5c(C)cccc5Cl)C(=O)[C@H]3N(CCO)C(=O)[C@@H]4[C@H]2C(=O)O[C@@H]1c1ccccc1. The number of aryl methyl sites for hydroxylation is 1. The Morgan fingerprint density at radius 3 is 2.57 bits per heavy atom. The molecule has 3 amide bonds. The number of rotatable bonds is 6. The van der Waals surface area contributed by atoms with Crippen molar-refractivity contribution >= 4 is 41.0 Å². The first-order valence-electron chi connectivity index (χ1n) is 15.8. The van der Waals surface area contributed by atoms with Gasteiger partial charge >= 0.3 is 5.97 Å². The first-order valence-corrected chi connectivity index (χ1v) is 16.1. The normalized spacial score (nSPS) is 31.6. The molecule has 1 spiro atoms. The number of anilines is 1. The standard InChI is InChI=1S/C35H38ClN3O8/c1-21-10-8-13-23(36)29(21)38-17-9-16-35-28(32(42)39(18-19-40)31(35)33(38)43)27-25(47-35)14-6-7-15-26(41)37-24(20-45-2)30(46-34(27)44)22-11-4-3-5-12-22/h3-6,8-14,16,24-25,27-28,30-31,40H,7,15,17-20H2,1-2H3,(H,37,41)/b14-6-/t24-,25-,27+,28+,30-,31-,35+/m1/s1. The molecule has 248 valence electrons. The van der Waals surface area contributed by atoms with E-state index in [4.69, 9.17) is 25.8 Å². The number of fused-ring (bicyclic) bond motifs is 2. The fourth-order valence-corrected chi connectivity index (χ4v) is 7.73. The molecule has 0 unspecified atom stereocenters. The highest BCUT2D eigenvalue weighted by Crippen LogP contribution is 2.53. The highest BCUT2D eigenvalue weighted by molar-refractivity contribution is 6.34. The monoisotopic (exact) mass is 663 g/mol. The van der Waals surface area contributed by atoms with Gasteiger partial charge in [-0.1, -0.05) is 78.4 Å². The maximum atomic E-state index is 14.6. The van der Waals surface area contributed by atoms with Crippen LogP contribution in [0.5, 0.6) is 0 Å². The fraction of sp³-hybridized carbons (Fsp3) is 0.429. The van der Waals surface area contributed by atoms with Crippen molar-refractivity contribution in [3.8, 4) is 0 Å². The van der Waals surface area contributed by atoms with Gasteiger partial charge in [0.05, 0.1) is 42.0 Å². The van der Waals surface area contributed by atoms with E-state index < -0.39 is 66.1 Å². The third-order valence-corrected chi connectivity index (χ3v) is 9.66. The highest BCUT2D eigenvalue weighted by atomic mass is 35.5. The molecule has 0 aromatic heterocycles. The molecule has 4 aliphatic heterocycles. The second-order valence-corrected chi connectivity index (χ2v) is 12.6. The van der Waals surface area contributed by atoms with Crippen molar-refractivity contribution in [2.75, 3.05) is 38.3 Å². The van der Waals surface area contributed by atoms with Crippen LogP contribution >= 0.6 is 11.6 Å². The van der Waals surface area contributed by atoms with E-state index in [1.54, 1.807) is 60.7 Å². The molecule has 4 aliphatic rings. The molecular formula is C35H38ClN3O8. The van der Waals surface area contributed by atoms with Gasteiger partial charge in [-0.3, -0.25) is 19.2 Å². The summed E-state index contributed by atoms with van der Waals surface area (Å²) < 4.78 is 18.4. The number of aliphatic hydroxyl groups is 1. The molecule has 0 saturated carbocycles. The molecule has 4 heterocycles. The number of carbonyl (C=O) groups is 4. The third-order valence-electron chi connectivity index (χ3n) is 9.36. The zero-order valence-corrected chi connectivity index (χ0v) is 27.0. The van der Waals surface area contributed by atoms with Gasteiger partial charge in [-0.05, 0) is 30.5 Å². The van der Waals surface area contributed by atoms with Gasteiger partial charge in [-0.2, -0.15) is 0 Å². The number of aliphatic hydroxyl groups excluding tert-OH is 1. The predicted molar refractivity (Wildman–Crippen MR) is 172 cm³/mol. The summed E-state index contributed by atoms with van der Waals surface area (Å²) in [5.41, 5.74) is 0.366. The third kappa shape index (κ3) is 5.86. The number of para-hydroxylation sites is 1. The number of hydrogen-bond donors (Lipinski definition) is 2. The largest absolute Gasteiger partial charge is 0.455 e. The molecule has 2 fully saturated rings. The van der Waals surface area contributed by atoms with Crippen molar-refractivity contribution in [1.29, 1.82) is 0 Å². The van der Waals surface area contributed by atoms with E-state index in [9.17, 15) is 24.3 Å². The van der Waals surface area contributed by atoms with E-state index in [-0.39, 0.29) is 32.0 Å². The average Bonchev–Trinajstić information content (AvgIpc) is 3.43. The van der Waals surface area contributed by atoms with Gasteiger partial charge in [0, 0.05) is 26.6 Å². The summed E-state index contributed by atoms with van der Waals surface area (Å²) in [6, 6.07) is 12.4. The lowest BCUT2D eigenvalue weighted by Gasteiger charge is -2.35. The lowest BCUT2D eigenvalue weighted by molar-refractivity contribution is -0.162. The Bertz CT molecular complexity index is 1580. The van der Waals surface area contributed by atoms with Gasteiger partial charge in [0.2, 0.25) is 11.8 Å². The Balaban J connectivity index is 1.45. The molecule has 0 aliphatic carbocycles. The number of hydrogen-bond acceptors (Lipinski definition) is 8. The van der Waals surface area contributed by atoms with Crippen LogP contribution in [-0.4, -0.2) is 90.9 Å². The maximum absolute atomic E-state index is 14.6. The predicted octanol–water partition coefficient (Wildman–Crippen LogP) is 2.89. The first kappa shape index (κ1) is 32.9. The minimum absolute atomic E-state index is 0.0617. The number of benzene rings is 2. The van der Waals surface area contributed by atoms with Crippen LogP contribution < -0.4 is 10.2 Å². The van der Waals surface area contributed by atoms with Gasteiger partial charge in [-0.15, -0.1) is 0 Å². The molecule has 47 heavy (non-hydrogen) atoms. The Labute approximate surface area is 278 Å². The van der Waals surface area contributed by atoms with Crippen LogP contribution in [0.1, 0.15) is 30.1 Å². The number of likely N-dealkylation sites (tertiary alicyclic amines) is 1. The van der Waals surface area contributed by atoms with E-state index in [2.05, 4.69) is 5.32 Å². The molecular weight excluding hydrogens is 626 g/mol. The van der Waals surface area contributed by atoms with Crippen LogP contribution in [0.15, 0.2) is 72.8 Å². The Hall–Kier alpha value is -4.03. The summed E-state index contributed by atoms with van der Waals surface area (Å²) in [7, 11) is 1.50. The molecule has 0 radical (unpaired) electrons. The van der Waals surface area contributed by atoms with E-state index in [1.165, 1.54) is 16.9 Å². The number of nitrogens with zero attached hydrogens (tertiary/aromatic N) is 2. The topological polar surface area (TPSA) is 135 Å². The number of β-amino-alcohol motifs (C(OH)–C–C–N with tert-alkyl or cyclic N) is 1. The lowest BCUT2D eigenvalue weighted by Crippen LogP contribution is -2.56. The molecule has 6 rings (SSSR count). The number of ether oxygens (including phenoxy) is 3. The second kappa shape index (κ2) is 13.6. The van der Waals surface area contributed by atoms with E-state index in [0.717, 1.165) is 5.56 Å². The van der Waals surface area contributed by atoms with Crippen LogP contribution in [0.4, 0.5) is 5.69 Å². The van der Waals surface area contributed by atoms with Crippen molar-refractivity contribution in [3.63, 3.8) is 0 Å². The van der Waals surface area contributed by atoms with E-state index in [1.807, 2.05) is 19.1 Å². The Kier molecular flexibility index (Phi) is 9.52. The van der Waals surface area contributed by atoms with Crippen molar-refractivity contribution in [3.05, 3.63) is 89.0 Å². The van der Waals surface area contributed by atoms with Gasteiger partial charge in [-0.25, -0.2) is 0 Å². The van der Waals surface area contributed by atoms with Gasteiger partial charge in [0.1, 0.15) is 23.7 Å². The number of carbonyl (C=O) groups excluding carboxylic acids is 4. The summed E-state index contributed by atoms with van der Waals surface area (Å²) in [5, 5.41) is 13.4. The molecule has 7 atom stereocenters. The number of allylic oxidation sites excluding steroid dienone is 1. The molecule has 11 nitrogen and oxygen atoms in total. The van der Waals surface area contributed by atoms with Crippen LogP contribution in [0.25, 0.3) is 0 Å². The van der Waals surface area contributed by atoms with Gasteiger partial charge < -0.3 is 34.4 Å². The number of amides is 3. The Morgan fingerprint density at radius 2 is 1.85 bits per heavy atom. The zero-order chi connectivity index (χ0) is 33.3. The van der Waals surface area contributed by atoms with Gasteiger partial charge in [0.15, 0.2) is 0 Å². The quantitative estimate of drug-likeness (QED) is 0.356. The van der Waals surface area contributed by atoms with Crippen LogP contribution in [0.3, 0.4) is 0 Å². The van der Waals surface area contributed by atoms with Crippen molar-refractivity contribution in [2.45, 2.75) is 49.7 Å². The van der Waals surface area contributed by atoms with Crippen LogP contribution in [0.2, 0.25) is 5.02 Å². The number of halogens is 1. The molecule has 2 aromatic carbocycles. The minimum Gasteiger partial charge on any atom is -0.455 e. The molecule has 2 saturated heterocycles. The molecule has 12 heteroatoms. The fourth-order valence-electron chi connectivity index (χ4n) is 7.40.